The summed E-state index contributed by atoms with van der Waals surface area (Å²) in [7, 11) is 0. The molecule has 0 aromatic heterocycles. The molecule has 0 aliphatic carbocycles. The van der Waals surface area contributed by atoms with Gasteiger partial charge in [-0.2, -0.15) is 0 Å². The first kappa shape index (κ1) is 9.70. The predicted octanol–water partition coefficient (Wildman–Crippen LogP) is 1.50. The van der Waals surface area contributed by atoms with E-state index in [1.807, 2.05) is 6.07 Å². The van der Waals surface area contributed by atoms with E-state index in [2.05, 4.69) is 34.1 Å². The van der Waals surface area contributed by atoms with E-state index in [1.54, 1.807) is 0 Å². The number of piperazine rings is 1. The zero-order chi connectivity index (χ0) is 11.0. The maximum atomic E-state index is 11.6. The Morgan fingerprint density at radius 2 is 1.94 bits per heavy atom. The maximum absolute atomic E-state index is 11.6. The first-order chi connectivity index (χ1) is 7.84. The van der Waals surface area contributed by atoms with Crippen LogP contribution in [0.5, 0.6) is 0 Å². The number of fused-ring (bicyclic) bond motifs is 1. The summed E-state index contributed by atoms with van der Waals surface area (Å²) in [6, 6.07) is 10.9. The van der Waals surface area contributed by atoms with Crippen LogP contribution in [-0.4, -0.2) is 36.5 Å². The van der Waals surface area contributed by atoms with Gasteiger partial charge in [-0.1, -0.05) is 18.2 Å². The molecule has 2 heterocycles. The van der Waals surface area contributed by atoms with Crippen molar-refractivity contribution in [2.45, 2.75) is 18.9 Å². The average molecular weight is 216 g/mol. The largest absolute Gasteiger partial charge is 0.368 e. The third-order valence-corrected chi connectivity index (χ3v) is 3.62. The molecule has 3 rings (SSSR count). The summed E-state index contributed by atoms with van der Waals surface area (Å²) in [6.07, 6.45) is 1.77. The SMILES string of the molecule is O=C1CCC2CN(c3ccccc3)CCN12. The Kier molecular flexibility index (Phi) is 2.31. The number of anilines is 1. The lowest BCUT2D eigenvalue weighted by molar-refractivity contribution is -0.129. The van der Waals surface area contributed by atoms with Crippen molar-refractivity contribution in [1.29, 1.82) is 0 Å². The molecule has 0 spiro atoms. The molecule has 1 aromatic carbocycles. The van der Waals surface area contributed by atoms with E-state index in [9.17, 15) is 4.79 Å². The standard InChI is InChI=1S/C13H16N2O/c16-13-7-6-12-10-14(8-9-15(12)13)11-4-2-1-3-5-11/h1-5,12H,6-10H2. The van der Waals surface area contributed by atoms with Crippen molar-refractivity contribution in [3.63, 3.8) is 0 Å². The molecule has 1 atom stereocenters. The minimum atomic E-state index is 0.345. The summed E-state index contributed by atoms with van der Waals surface area (Å²) in [6.45, 7) is 2.85. The highest BCUT2D eigenvalue weighted by atomic mass is 16.2. The summed E-state index contributed by atoms with van der Waals surface area (Å²) in [5.74, 6) is 0.345. The van der Waals surface area contributed by atoms with E-state index < -0.39 is 0 Å². The van der Waals surface area contributed by atoms with Gasteiger partial charge in [-0.15, -0.1) is 0 Å². The molecule has 2 aliphatic heterocycles. The molecule has 0 radical (unpaired) electrons. The van der Waals surface area contributed by atoms with Gasteiger partial charge < -0.3 is 9.80 Å². The van der Waals surface area contributed by atoms with Gasteiger partial charge in [0.1, 0.15) is 0 Å². The highest BCUT2D eigenvalue weighted by Crippen LogP contribution is 2.25. The number of rotatable bonds is 1. The third-order valence-electron chi connectivity index (χ3n) is 3.62. The Balaban J connectivity index is 1.75. The van der Waals surface area contributed by atoms with Gasteiger partial charge in [0.25, 0.3) is 0 Å². The second-order valence-electron chi connectivity index (χ2n) is 4.56. The van der Waals surface area contributed by atoms with Gasteiger partial charge >= 0.3 is 0 Å². The van der Waals surface area contributed by atoms with Gasteiger partial charge in [-0.05, 0) is 18.6 Å². The molecule has 0 bridgehead atoms. The lowest BCUT2D eigenvalue weighted by Gasteiger charge is -2.38. The van der Waals surface area contributed by atoms with Crippen LogP contribution in [0.1, 0.15) is 12.8 Å². The molecule has 2 aliphatic rings. The third kappa shape index (κ3) is 1.56. The van der Waals surface area contributed by atoms with Crippen molar-refractivity contribution in [1.82, 2.24) is 4.90 Å². The molecule has 84 valence electrons. The van der Waals surface area contributed by atoms with E-state index >= 15 is 0 Å². The summed E-state index contributed by atoms with van der Waals surface area (Å²) in [5.41, 5.74) is 1.28. The number of benzene rings is 1. The van der Waals surface area contributed by atoms with Gasteiger partial charge in [0.15, 0.2) is 0 Å². The predicted molar refractivity (Wildman–Crippen MR) is 63.4 cm³/mol. The molecule has 1 aromatic rings. The highest BCUT2D eigenvalue weighted by Gasteiger charge is 2.35. The molecular weight excluding hydrogens is 200 g/mol. The molecule has 2 fully saturated rings. The number of hydrogen-bond donors (Lipinski definition) is 0. The van der Waals surface area contributed by atoms with E-state index in [0.717, 1.165) is 32.5 Å². The molecule has 3 nitrogen and oxygen atoms in total. The summed E-state index contributed by atoms with van der Waals surface area (Å²) >= 11 is 0. The summed E-state index contributed by atoms with van der Waals surface area (Å²) in [5, 5.41) is 0. The lowest BCUT2D eigenvalue weighted by Crippen LogP contribution is -2.51. The lowest BCUT2D eigenvalue weighted by atomic mass is 10.1. The Labute approximate surface area is 95.7 Å². The van der Waals surface area contributed by atoms with Crippen LogP contribution in [0.3, 0.4) is 0 Å². The summed E-state index contributed by atoms with van der Waals surface area (Å²) < 4.78 is 0. The number of para-hydroxylation sites is 1. The van der Waals surface area contributed by atoms with E-state index in [4.69, 9.17) is 0 Å². The van der Waals surface area contributed by atoms with E-state index in [1.165, 1.54) is 5.69 Å². The first-order valence-electron chi connectivity index (χ1n) is 5.94. The summed E-state index contributed by atoms with van der Waals surface area (Å²) in [4.78, 5) is 16.0. The van der Waals surface area contributed by atoms with Gasteiger partial charge in [-0.25, -0.2) is 0 Å². The first-order valence-corrected chi connectivity index (χ1v) is 5.94. The van der Waals surface area contributed by atoms with Crippen molar-refractivity contribution < 1.29 is 4.79 Å². The van der Waals surface area contributed by atoms with Gasteiger partial charge in [0.2, 0.25) is 5.91 Å². The van der Waals surface area contributed by atoms with Gasteiger partial charge in [0.05, 0.1) is 0 Å². The monoisotopic (exact) mass is 216 g/mol. The Bertz CT molecular complexity index is 390. The van der Waals surface area contributed by atoms with E-state index in [-0.39, 0.29) is 0 Å². The van der Waals surface area contributed by atoms with Crippen LogP contribution in [0.15, 0.2) is 30.3 Å². The van der Waals surface area contributed by atoms with Crippen LogP contribution >= 0.6 is 0 Å². The van der Waals surface area contributed by atoms with Crippen LogP contribution in [0.4, 0.5) is 5.69 Å². The molecule has 16 heavy (non-hydrogen) atoms. The molecule has 1 amide bonds. The topological polar surface area (TPSA) is 23.6 Å². The van der Waals surface area contributed by atoms with Crippen LogP contribution in [0.2, 0.25) is 0 Å². The minimum Gasteiger partial charge on any atom is -0.368 e. The Hall–Kier alpha value is -1.51. The molecule has 2 saturated heterocycles. The van der Waals surface area contributed by atoms with Gasteiger partial charge in [0, 0.05) is 37.8 Å². The van der Waals surface area contributed by atoms with Crippen LogP contribution in [0, 0.1) is 0 Å². The zero-order valence-corrected chi connectivity index (χ0v) is 9.30. The number of hydrogen-bond acceptors (Lipinski definition) is 2. The molecular formula is C13H16N2O. The van der Waals surface area contributed by atoms with Crippen molar-refractivity contribution in [3.8, 4) is 0 Å². The van der Waals surface area contributed by atoms with Crippen molar-refractivity contribution in [2.75, 3.05) is 24.5 Å². The normalized spacial score (nSPS) is 24.8. The van der Waals surface area contributed by atoms with Gasteiger partial charge in [-0.3, -0.25) is 4.79 Å². The van der Waals surface area contributed by atoms with Crippen LogP contribution in [0.25, 0.3) is 0 Å². The molecule has 1 unspecified atom stereocenters. The van der Waals surface area contributed by atoms with Crippen LogP contribution < -0.4 is 4.90 Å². The van der Waals surface area contributed by atoms with Crippen molar-refractivity contribution in [2.24, 2.45) is 0 Å². The molecule has 0 N–H and O–H groups in total. The second kappa shape index (κ2) is 3.81. The zero-order valence-electron chi connectivity index (χ0n) is 9.30. The fourth-order valence-corrected chi connectivity index (χ4v) is 2.74. The van der Waals surface area contributed by atoms with Crippen molar-refractivity contribution in [3.05, 3.63) is 30.3 Å². The minimum absolute atomic E-state index is 0.345. The number of carbonyl (C=O) groups is 1. The highest BCUT2D eigenvalue weighted by molar-refractivity contribution is 5.79. The Morgan fingerprint density at radius 1 is 1.12 bits per heavy atom. The van der Waals surface area contributed by atoms with E-state index in [0.29, 0.717) is 11.9 Å². The number of amides is 1. The Morgan fingerprint density at radius 3 is 2.75 bits per heavy atom. The van der Waals surface area contributed by atoms with Crippen molar-refractivity contribution >= 4 is 11.6 Å². The number of nitrogens with zero attached hydrogens (tertiary/aromatic N) is 2. The fraction of sp³-hybridized carbons (Fsp3) is 0.462. The quantitative estimate of drug-likeness (QED) is 0.710. The second-order valence-corrected chi connectivity index (χ2v) is 4.56. The fourth-order valence-electron chi connectivity index (χ4n) is 2.74. The molecule has 3 heteroatoms. The smallest absolute Gasteiger partial charge is 0.223 e. The number of carbonyl (C=O) groups excluding carboxylic acids is 1. The van der Waals surface area contributed by atoms with Crippen LogP contribution in [-0.2, 0) is 4.79 Å². The maximum Gasteiger partial charge on any atom is 0.223 e. The average Bonchev–Trinajstić information content (AvgIpc) is 2.72. The molecule has 0 saturated carbocycles.